The van der Waals surface area contributed by atoms with E-state index in [9.17, 15) is 4.79 Å². The number of nitriles is 1. The van der Waals surface area contributed by atoms with Crippen LogP contribution in [0.4, 0.5) is 5.69 Å². The van der Waals surface area contributed by atoms with Gasteiger partial charge in [-0.05, 0) is 31.5 Å². The monoisotopic (exact) mass is 245 g/mol. The topological polar surface area (TPSA) is 56.1 Å². The lowest BCUT2D eigenvalue weighted by atomic mass is 10.1. The maximum absolute atomic E-state index is 11.8. The summed E-state index contributed by atoms with van der Waals surface area (Å²) in [6.07, 6.45) is 0.415. The van der Waals surface area contributed by atoms with Crippen LogP contribution in [-0.2, 0) is 11.2 Å². The van der Waals surface area contributed by atoms with E-state index in [4.69, 9.17) is 5.26 Å². The molecule has 96 valence electrons. The van der Waals surface area contributed by atoms with Crippen molar-refractivity contribution < 1.29 is 4.79 Å². The maximum atomic E-state index is 11.8. The Morgan fingerprint density at radius 2 is 1.89 bits per heavy atom. The molecule has 0 aliphatic rings. The molecule has 4 heteroatoms. The highest BCUT2D eigenvalue weighted by atomic mass is 16.2. The fraction of sp³-hybridized carbons (Fsp3) is 0.429. The van der Waals surface area contributed by atoms with Gasteiger partial charge in [-0.25, -0.2) is 0 Å². The van der Waals surface area contributed by atoms with E-state index < -0.39 is 0 Å². The summed E-state index contributed by atoms with van der Waals surface area (Å²) in [6, 6.07) is 9.68. The second kappa shape index (κ2) is 7.33. The molecule has 1 aromatic carbocycles. The zero-order chi connectivity index (χ0) is 13.4. The number of hydrogen-bond acceptors (Lipinski definition) is 3. The summed E-state index contributed by atoms with van der Waals surface area (Å²) in [6.45, 7) is 5.71. The van der Waals surface area contributed by atoms with Crippen LogP contribution in [0.2, 0.25) is 0 Å². The Balaban J connectivity index is 2.48. The molecule has 0 saturated carbocycles. The van der Waals surface area contributed by atoms with E-state index in [0.29, 0.717) is 13.0 Å². The van der Waals surface area contributed by atoms with Gasteiger partial charge in [0.05, 0.1) is 19.0 Å². The van der Waals surface area contributed by atoms with Crippen LogP contribution in [-0.4, -0.2) is 30.4 Å². The second-order valence-corrected chi connectivity index (χ2v) is 3.95. The number of likely N-dealkylation sites (N-methyl/N-ethyl adjacent to an activating group) is 1. The highest BCUT2D eigenvalue weighted by Crippen LogP contribution is 2.09. The molecule has 0 radical (unpaired) electrons. The van der Waals surface area contributed by atoms with E-state index in [0.717, 1.165) is 24.3 Å². The van der Waals surface area contributed by atoms with Crippen molar-refractivity contribution in [3.05, 3.63) is 29.8 Å². The number of benzene rings is 1. The summed E-state index contributed by atoms with van der Waals surface area (Å²) >= 11 is 0. The van der Waals surface area contributed by atoms with Crippen molar-refractivity contribution in [1.29, 1.82) is 5.26 Å². The number of anilines is 1. The Labute approximate surface area is 108 Å². The van der Waals surface area contributed by atoms with Gasteiger partial charge in [0.2, 0.25) is 5.91 Å². The zero-order valence-electron chi connectivity index (χ0n) is 10.9. The SMILES string of the molecule is CCN(CC)C(=O)CNc1ccc(CC#N)cc1. The third-order valence-corrected chi connectivity index (χ3v) is 2.80. The third-order valence-electron chi connectivity index (χ3n) is 2.80. The van der Waals surface area contributed by atoms with Crippen LogP contribution in [0.5, 0.6) is 0 Å². The Hall–Kier alpha value is -2.02. The second-order valence-electron chi connectivity index (χ2n) is 3.95. The Bertz CT molecular complexity index is 416. The molecule has 0 saturated heterocycles. The van der Waals surface area contributed by atoms with Crippen molar-refractivity contribution in [2.75, 3.05) is 25.0 Å². The molecule has 1 N–H and O–H groups in total. The zero-order valence-corrected chi connectivity index (χ0v) is 10.9. The number of rotatable bonds is 6. The number of nitrogens with one attached hydrogen (secondary N) is 1. The minimum atomic E-state index is 0.0982. The number of amides is 1. The largest absolute Gasteiger partial charge is 0.376 e. The van der Waals surface area contributed by atoms with Crippen molar-refractivity contribution in [3.63, 3.8) is 0 Å². The number of hydrogen-bond donors (Lipinski definition) is 1. The van der Waals surface area contributed by atoms with Crippen LogP contribution in [0.1, 0.15) is 19.4 Å². The molecule has 0 heterocycles. The molecule has 1 rings (SSSR count). The summed E-state index contributed by atoms with van der Waals surface area (Å²) < 4.78 is 0. The molecule has 18 heavy (non-hydrogen) atoms. The van der Waals surface area contributed by atoms with E-state index in [1.54, 1.807) is 4.90 Å². The molecule has 0 aliphatic carbocycles. The van der Waals surface area contributed by atoms with E-state index in [2.05, 4.69) is 11.4 Å². The van der Waals surface area contributed by atoms with Crippen LogP contribution < -0.4 is 5.32 Å². The van der Waals surface area contributed by atoms with Crippen LogP contribution in [0.3, 0.4) is 0 Å². The standard InChI is InChI=1S/C14H19N3O/c1-3-17(4-2)14(18)11-16-13-7-5-12(6-8-13)9-10-15/h5-8,16H,3-4,9,11H2,1-2H3. The average Bonchev–Trinajstić information content (AvgIpc) is 2.40. The number of carbonyl (C=O) groups is 1. The first-order chi connectivity index (χ1) is 8.71. The maximum Gasteiger partial charge on any atom is 0.241 e. The first kappa shape index (κ1) is 14.0. The van der Waals surface area contributed by atoms with Gasteiger partial charge < -0.3 is 10.2 Å². The highest BCUT2D eigenvalue weighted by Gasteiger charge is 2.08. The van der Waals surface area contributed by atoms with Crippen molar-refractivity contribution in [3.8, 4) is 6.07 Å². The van der Waals surface area contributed by atoms with Crippen molar-refractivity contribution >= 4 is 11.6 Å². The predicted molar refractivity (Wildman–Crippen MR) is 72.2 cm³/mol. The predicted octanol–water partition coefficient (Wildman–Crippen LogP) is 2.03. The molecule has 0 aromatic heterocycles. The molecular formula is C14H19N3O. The number of nitrogens with zero attached hydrogens (tertiary/aromatic N) is 2. The van der Waals surface area contributed by atoms with Gasteiger partial charge in [-0.15, -0.1) is 0 Å². The summed E-state index contributed by atoms with van der Waals surface area (Å²) in [7, 11) is 0. The molecule has 0 aliphatic heterocycles. The van der Waals surface area contributed by atoms with E-state index in [-0.39, 0.29) is 5.91 Å². The number of carbonyl (C=O) groups excluding carboxylic acids is 1. The quantitative estimate of drug-likeness (QED) is 0.834. The molecule has 0 unspecified atom stereocenters. The van der Waals surface area contributed by atoms with Crippen LogP contribution in [0.25, 0.3) is 0 Å². The van der Waals surface area contributed by atoms with Crippen molar-refractivity contribution in [1.82, 2.24) is 4.90 Å². The van der Waals surface area contributed by atoms with Crippen LogP contribution in [0, 0.1) is 11.3 Å². The fourth-order valence-electron chi connectivity index (χ4n) is 1.70. The van der Waals surface area contributed by atoms with Crippen LogP contribution >= 0.6 is 0 Å². The minimum absolute atomic E-state index is 0.0982. The first-order valence-corrected chi connectivity index (χ1v) is 6.18. The molecule has 4 nitrogen and oxygen atoms in total. The lowest BCUT2D eigenvalue weighted by molar-refractivity contribution is -0.128. The van der Waals surface area contributed by atoms with Gasteiger partial charge in [0, 0.05) is 18.8 Å². The van der Waals surface area contributed by atoms with Gasteiger partial charge in [-0.3, -0.25) is 4.79 Å². The van der Waals surface area contributed by atoms with Gasteiger partial charge in [-0.1, -0.05) is 12.1 Å². The average molecular weight is 245 g/mol. The van der Waals surface area contributed by atoms with Gasteiger partial charge in [-0.2, -0.15) is 5.26 Å². The summed E-state index contributed by atoms with van der Waals surface area (Å²) in [5, 5.41) is 11.7. The molecule has 1 aromatic rings. The van der Waals surface area contributed by atoms with Gasteiger partial charge in [0.1, 0.15) is 0 Å². The highest BCUT2D eigenvalue weighted by molar-refractivity contribution is 5.80. The first-order valence-electron chi connectivity index (χ1n) is 6.18. The summed E-state index contributed by atoms with van der Waals surface area (Å²) in [4.78, 5) is 13.6. The Kier molecular flexibility index (Phi) is 5.72. The lowest BCUT2D eigenvalue weighted by Crippen LogP contribution is -2.35. The summed E-state index contributed by atoms with van der Waals surface area (Å²) in [5.74, 6) is 0.0982. The molecule has 0 spiro atoms. The van der Waals surface area contributed by atoms with Crippen molar-refractivity contribution in [2.45, 2.75) is 20.3 Å². The molecule has 1 amide bonds. The fourth-order valence-corrected chi connectivity index (χ4v) is 1.70. The molecule has 0 fully saturated rings. The van der Waals surface area contributed by atoms with Gasteiger partial charge >= 0.3 is 0 Å². The van der Waals surface area contributed by atoms with E-state index in [1.807, 2.05) is 38.1 Å². The van der Waals surface area contributed by atoms with Crippen LogP contribution in [0.15, 0.2) is 24.3 Å². The smallest absolute Gasteiger partial charge is 0.241 e. The van der Waals surface area contributed by atoms with Gasteiger partial charge in [0.25, 0.3) is 0 Å². The molecular weight excluding hydrogens is 226 g/mol. The Morgan fingerprint density at radius 3 is 2.39 bits per heavy atom. The summed E-state index contributed by atoms with van der Waals surface area (Å²) in [5.41, 5.74) is 1.88. The lowest BCUT2D eigenvalue weighted by Gasteiger charge is -2.19. The third kappa shape index (κ3) is 4.10. The van der Waals surface area contributed by atoms with Gasteiger partial charge in [0.15, 0.2) is 0 Å². The van der Waals surface area contributed by atoms with E-state index in [1.165, 1.54) is 0 Å². The molecule has 0 bridgehead atoms. The van der Waals surface area contributed by atoms with E-state index >= 15 is 0 Å². The van der Waals surface area contributed by atoms with Crippen molar-refractivity contribution in [2.24, 2.45) is 0 Å². The Morgan fingerprint density at radius 1 is 1.28 bits per heavy atom. The molecule has 0 atom stereocenters. The normalized spacial score (nSPS) is 9.61. The minimum Gasteiger partial charge on any atom is -0.376 e.